The molecule has 1 saturated heterocycles. The number of carbonyl (C=O) groups excluding carboxylic acids is 1. The van der Waals surface area contributed by atoms with Crippen LogP contribution < -0.4 is 10.2 Å². The lowest BCUT2D eigenvalue weighted by molar-refractivity contribution is 0.102. The first kappa shape index (κ1) is 19.5. The summed E-state index contributed by atoms with van der Waals surface area (Å²) < 4.78 is 0. The van der Waals surface area contributed by atoms with Crippen LogP contribution in [0.25, 0.3) is 0 Å². The first-order valence-electron chi connectivity index (χ1n) is 10.6. The van der Waals surface area contributed by atoms with E-state index in [9.17, 15) is 4.79 Å². The van der Waals surface area contributed by atoms with E-state index in [1.54, 1.807) is 6.20 Å². The topological polar surface area (TPSA) is 48.5 Å². The Hall–Kier alpha value is -2.84. The highest BCUT2D eigenvalue weighted by atomic mass is 16.1. The fourth-order valence-electron chi connectivity index (χ4n) is 4.03. The van der Waals surface area contributed by atoms with Crippen LogP contribution in [0.1, 0.15) is 48.9 Å². The van der Waals surface area contributed by atoms with Gasteiger partial charge in [0.1, 0.15) is 0 Å². The van der Waals surface area contributed by atoms with Gasteiger partial charge in [0.2, 0.25) is 0 Å². The third kappa shape index (κ3) is 4.78. The molecule has 3 heterocycles. The highest BCUT2D eigenvalue weighted by molar-refractivity contribution is 6.12. The minimum absolute atomic E-state index is 0.108. The van der Waals surface area contributed by atoms with Crippen molar-refractivity contribution in [3.8, 4) is 11.8 Å². The molecule has 29 heavy (non-hydrogen) atoms. The number of para-hydroxylation sites is 1. The second-order valence-electron chi connectivity index (χ2n) is 7.64. The number of likely N-dealkylation sites (tertiary alicyclic amines) is 1. The zero-order chi connectivity index (χ0) is 19.9. The Labute approximate surface area is 173 Å². The van der Waals surface area contributed by atoms with Gasteiger partial charge in [0.25, 0.3) is 5.91 Å². The summed E-state index contributed by atoms with van der Waals surface area (Å²) in [7, 11) is 0. The molecule has 4 rings (SSSR count). The van der Waals surface area contributed by atoms with Gasteiger partial charge < -0.3 is 15.1 Å². The molecule has 0 bridgehead atoms. The van der Waals surface area contributed by atoms with E-state index in [2.05, 4.69) is 27.0 Å². The molecule has 2 aromatic rings. The van der Waals surface area contributed by atoms with Crippen molar-refractivity contribution in [2.75, 3.05) is 36.4 Å². The van der Waals surface area contributed by atoms with Crippen LogP contribution >= 0.6 is 0 Å². The third-order valence-corrected chi connectivity index (χ3v) is 5.57. The van der Waals surface area contributed by atoms with E-state index < -0.39 is 0 Å². The molecule has 0 saturated carbocycles. The molecule has 1 aromatic heterocycles. The summed E-state index contributed by atoms with van der Waals surface area (Å²) >= 11 is 0. The van der Waals surface area contributed by atoms with Gasteiger partial charge in [-0.3, -0.25) is 4.79 Å². The average molecular weight is 389 g/mol. The SMILES string of the molecule is O=C1Nc2cccnc2N(CC#CCCCCN2CCCCC2)c2ccccc21. The van der Waals surface area contributed by atoms with E-state index >= 15 is 0 Å². The molecule has 5 heteroatoms. The Balaban J connectivity index is 1.39. The lowest BCUT2D eigenvalue weighted by Gasteiger charge is -2.26. The Morgan fingerprint density at radius 1 is 1.00 bits per heavy atom. The van der Waals surface area contributed by atoms with E-state index in [0.29, 0.717) is 12.1 Å². The molecule has 0 spiro atoms. The van der Waals surface area contributed by atoms with Crippen molar-refractivity contribution in [2.45, 2.75) is 38.5 Å². The van der Waals surface area contributed by atoms with Crippen LogP contribution in [0.15, 0.2) is 42.6 Å². The number of hydrogen-bond donors (Lipinski definition) is 1. The minimum Gasteiger partial charge on any atom is -0.319 e. The number of piperidine rings is 1. The fraction of sp³-hybridized carbons (Fsp3) is 0.417. The van der Waals surface area contributed by atoms with E-state index in [1.807, 2.05) is 41.3 Å². The summed E-state index contributed by atoms with van der Waals surface area (Å²) in [5, 5.41) is 2.96. The zero-order valence-corrected chi connectivity index (χ0v) is 16.9. The number of benzene rings is 1. The zero-order valence-electron chi connectivity index (χ0n) is 16.9. The predicted octanol–water partition coefficient (Wildman–Crippen LogP) is 4.45. The van der Waals surface area contributed by atoms with Crippen LogP contribution in [0, 0.1) is 11.8 Å². The van der Waals surface area contributed by atoms with Gasteiger partial charge in [0.15, 0.2) is 5.82 Å². The first-order valence-corrected chi connectivity index (χ1v) is 10.6. The second-order valence-corrected chi connectivity index (χ2v) is 7.64. The molecule has 5 nitrogen and oxygen atoms in total. The van der Waals surface area contributed by atoms with Crippen LogP contribution in [0.4, 0.5) is 17.2 Å². The molecule has 1 N–H and O–H groups in total. The molecule has 0 radical (unpaired) electrons. The number of nitrogens with zero attached hydrogens (tertiary/aromatic N) is 3. The van der Waals surface area contributed by atoms with Crippen molar-refractivity contribution in [1.82, 2.24) is 9.88 Å². The Kier molecular flexibility index (Phi) is 6.43. The van der Waals surface area contributed by atoms with Crippen molar-refractivity contribution in [3.05, 3.63) is 48.2 Å². The normalized spacial score (nSPS) is 16.1. The highest BCUT2D eigenvalue weighted by Crippen LogP contribution is 2.35. The average Bonchev–Trinajstić information content (AvgIpc) is 2.88. The van der Waals surface area contributed by atoms with Crippen LogP contribution in [0.2, 0.25) is 0 Å². The fourth-order valence-corrected chi connectivity index (χ4v) is 4.03. The van der Waals surface area contributed by atoms with Crippen molar-refractivity contribution >= 4 is 23.1 Å². The maximum absolute atomic E-state index is 12.6. The number of pyridine rings is 1. The third-order valence-electron chi connectivity index (χ3n) is 5.57. The number of amides is 1. The lowest BCUT2D eigenvalue weighted by Crippen LogP contribution is -2.30. The Bertz CT molecular complexity index is 908. The van der Waals surface area contributed by atoms with Gasteiger partial charge in [0.05, 0.1) is 23.5 Å². The van der Waals surface area contributed by atoms with Crippen LogP contribution in [0.5, 0.6) is 0 Å². The van der Waals surface area contributed by atoms with Crippen molar-refractivity contribution in [1.29, 1.82) is 0 Å². The number of anilines is 3. The molecule has 1 aromatic carbocycles. The number of hydrogen-bond acceptors (Lipinski definition) is 4. The van der Waals surface area contributed by atoms with Crippen LogP contribution in [-0.2, 0) is 0 Å². The summed E-state index contributed by atoms with van der Waals surface area (Å²) in [4.78, 5) is 21.7. The smallest absolute Gasteiger partial charge is 0.257 e. The number of rotatable bonds is 5. The van der Waals surface area contributed by atoms with Gasteiger partial charge in [-0.25, -0.2) is 4.98 Å². The molecular formula is C24H28N4O. The van der Waals surface area contributed by atoms with Crippen LogP contribution in [-0.4, -0.2) is 42.0 Å². The maximum atomic E-state index is 12.6. The number of unbranched alkanes of at least 4 members (excludes halogenated alkanes) is 2. The Morgan fingerprint density at radius 3 is 2.76 bits per heavy atom. The molecule has 1 fully saturated rings. The van der Waals surface area contributed by atoms with Gasteiger partial charge >= 0.3 is 0 Å². The second kappa shape index (κ2) is 9.58. The van der Waals surface area contributed by atoms with Crippen molar-refractivity contribution in [3.63, 3.8) is 0 Å². The molecule has 0 unspecified atom stereocenters. The molecule has 2 aliphatic rings. The van der Waals surface area contributed by atoms with E-state index in [0.717, 1.165) is 30.0 Å². The summed E-state index contributed by atoms with van der Waals surface area (Å²) in [5.41, 5.74) is 2.22. The standard InChI is InChI=1S/C24H28N4O/c29-24-20-12-5-6-14-22(20)28(23-21(26-24)13-11-15-25-23)19-10-3-1-2-7-16-27-17-8-4-9-18-27/h5-6,11-15H,1-2,4,7-9,16-19H2,(H,26,29). The predicted molar refractivity (Wildman–Crippen MR) is 118 cm³/mol. The van der Waals surface area contributed by atoms with Crippen molar-refractivity contribution < 1.29 is 4.79 Å². The van der Waals surface area contributed by atoms with E-state index in [1.165, 1.54) is 45.3 Å². The highest BCUT2D eigenvalue weighted by Gasteiger charge is 2.25. The van der Waals surface area contributed by atoms with Crippen LogP contribution in [0.3, 0.4) is 0 Å². The number of carbonyl (C=O) groups is 1. The molecule has 150 valence electrons. The van der Waals surface area contributed by atoms with E-state index in [-0.39, 0.29) is 5.91 Å². The quantitative estimate of drug-likeness (QED) is 0.607. The summed E-state index contributed by atoms with van der Waals surface area (Å²) in [6, 6.07) is 11.3. The monoisotopic (exact) mass is 388 g/mol. The van der Waals surface area contributed by atoms with Gasteiger partial charge in [-0.2, -0.15) is 0 Å². The molecule has 0 atom stereocenters. The van der Waals surface area contributed by atoms with Gasteiger partial charge in [-0.05, 0) is 69.6 Å². The molecule has 1 amide bonds. The lowest BCUT2D eigenvalue weighted by atomic mass is 10.1. The minimum atomic E-state index is -0.108. The van der Waals surface area contributed by atoms with Gasteiger partial charge in [-0.1, -0.05) is 24.5 Å². The maximum Gasteiger partial charge on any atom is 0.257 e. The summed E-state index contributed by atoms with van der Waals surface area (Å²) in [6.07, 6.45) is 9.10. The number of fused-ring (bicyclic) bond motifs is 2. The molecule has 2 aliphatic heterocycles. The number of nitrogens with one attached hydrogen (secondary N) is 1. The molecular weight excluding hydrogens is 360 g/mol. The van der Waals surface area contributed by atoms with Gasteiger partial charge in [0, 0.05) is 12.6 Å². The Morgan fingerprint density at radius 2 is 1.86 bits per heavy atom. The largest absolute Gasteiger partial charge is 0.319 e. The summed E-state index contributed by atoms with van der Waals surface area (Å²) in [5.74, 6) is 7.25. The summed E-state index contributed by atoms with van der Waals surface area (Å²) in [6.45, 7) is 4.24. The first-order chi connectivity index (χ1) is 14.3. The van der Waals surface area contributed by atoms with Crippen molar-refractivity contribution in [2.24, 2.45) is 0 Å². The van der Waals surface area contributed by atoms with E-state index in [4.69, 9.17) is 0 Å². The molecule has 0 aliphatic carbocycles. The van der Waals surface area contributed by atoms with Gasteiger partial charge in [-0.15, -0.1) is 5.92 Å². The number of aromatic nitrogens is 1.